The van der Waals surface area contributed by atoms with Crippen LogP contribution in [-0.4, -0.2) is 23.1 Å². The maximum atomic E-state index is 5.10. The Bertz CT molecular complexity index is 443. The summed E-state index contributed by atoms with van der Waals surface area (Å²) in [6.07, 6.45) is 10.2. The molecular formula is C16H15BrMg. The summed E-state index contributed by atoms with van der Waals surface area (Å²) in [5, 5.41) is 0. The lowest BCUT2D eigenvalue weighted by atomic mass is 10.2. The van der Waals surface area contributed by atoms with E-state index in [1.807, 2.05) is 60.7 Å². The first-order valence-electron chi connectivity index (χ1n) is 4.90. The molecule has 0 spiro atoms. The zero-order valence-electron chi connectivity index (χ0n) is 9.34. The summed E-state index contributed by atoms with van der Waals surface area (Å²) < 4.78 is 0. The normalized spacial score (nSPS) is 7.00. The van der Waals surface area contributed by atoms with Crippen LogP contribution in [0.2, 0.25) is 0 Å². The van der Waals surface area contributed by atoms with E-state index in [1.54, 1.807) is 0 Å². The molecule has 0 radical (unpaired) electrons. The fourth-order valence-electron chi connectivity index (χ4n) is 1.07. The van der Waals surface area contributed by atoms with E-state index >= 15 is 0 Å². The van der Waals surface area contributed by atoms with Crippen LogP contribution in [0.5, 0.6) is 0 Å². The quantitative estimate of drug-likeness (QED) is 0.518. The van der Waals surface area contributed by atoms with Gasteiger partial charge in [0.15, 0.2) is 0 Å². The van der Waals surface area contributed by atoms with E-state index in [1.165, 1.54) is 0 Å². The maximum Gasteiger partial charge on any atom is 0.316 e. The van der Waals surface area contributed by atoms with Gasteiger partial charge in [0.1, 0.15) is 0 Å². The highest BCUT2D eigenvalue weighted by molar-refractivity contribution is 8.93. The lowest BCUT2D eigenvalue weighted by Crippen LogP contribution is -1.66. The minimum atomic E-state index is 0. The van der Waals surface area contributed by atoms with Crippen LogP contribution in [0.1, 0.15) is 11.1 Å². The van der Waals surface area contributed by atoms with Gasteiger partial charge in [-0.05, 0) is 24.3 Å². The summed E-state index contributed by atoms with van der Waals surface area (Å²) in [5.41, 5.74) is 1.88. The molecule has 88 valence electrons. The molecule has 0 aromatic heterocycles. The average Bonchev–Trinajstić information content (AvgIpc) is 2.41. The van der Waals surface area contributed by atoms with Crippen molar-refractivity contribution in [2.75, 3.05) is 0 Å². The van der Waals surface area contributed by atoms with Gasteiger partial charge in [-0.1, -0.05) is 48.2 Å². The Morgan fingerprint density at radius 1 is 0.611 bits per heavy atom. The molecule has 18 heavy (non-hydrogen) atoms. The molecule has 0 amide bonds. The number of benzene rings is 2. The van der Waals surface area contributed by atoms with Gasteiger partial charge < -0.3 is 0 Å². The van der Waals surface area contributed by atoms with Gasteiger partial charge in [-0.15, -0.1) is 29.8 Å². The van der Waals surface area contributed by atoms with E-state index in [4.69, 9.17) is 12.8 Å². The van der Waals surface area contributed by atoms with Crippen LogP contribution in [0.4, 0.5) is 0 Å². The zero-order chi connectivity index (χ0) is 11.6. The second-order valence-electron chi connectivity index (χ2n) is 3.02. The number of halogens is 1. The summed E-state index contributed by atoms with van der Waals surface area (Å²) in [7, 11) is 0. The smallest absolute Gasteiger partial charge is 0.115 e. The standard InChI is InChI=1S/2C8H6.BrH.Mg.2H/c2*1-2-8-6-4-3-5-7-8;;;;/h2*1,3-7H;1H;;;. The predicted molar refractivity (Wildman–Crippen MR) is 87.6 cm³/mol. The van der Waals surface area contributed by atoms with Crippen LogP contribution in [0.25, 0.3) is 0 Å². The Labute approximate surface area is 136 Å². The molecule has 2 aromatic rings. The molecule has 0 saturated carbocycles. The molecule has 2 heteroatoms. The maximum absolute atomic E-state index is 5.10. The lowest BCUT2D eigenvalue weighted by molar-refractivity contribution is 1.65. The fourth-order valence-corrected chi connectivity index (χ4v) is 1.07. The van der Waals surface area contributed by atoms with Gasteiger partial charge in [-0.25, -0.2) is 0 Å². The largest absolute Gasteiger partial charge is 0.316 e. The third-order valence-electron chi connectivity index (χ3n) is 1.88. The van der Waals surface area contributed by atoms with Gasteiger partial charge in [0.25, 0.3) is 0 Å². The highest BCUT2D eigenvalue weighted by atomic mass is 79.9. The molecule has 0 N–H and O–H groups in total. The van der Waals surface area contributed by atoms with E-state index in [-0.39, 0.29) is 40.0 Å². The molecule has 0 unspecified atom stereocenters. The number of rotatable bonds is 0. The van der Waals surface area contributed by atoms with Gasteiger partial charge >= 0.3 is 23.1 Å². The van der Waals surface area contributed by atoms with Crippen molar-refractivity contribution < 1.29 is 0 Å². The molecular weight excluding hydrogens is 296 g/mol. The number of terminal acetylenes is 2. The summed E-state index contributed by atoms with van der Waals surface area (Å²) >= 11 is 0. The van der Waals surface area contributed by atoms with Gasteiger partial charge in [-0.2, -0.15) is 0 Å². The molecule has 0 nitrogen and oxygen atoms in total. The molecule has 2 aromatic carbocycles. The lowest BCUT2D eigenvalue weighted by Gasteiger charge is -1.82. The van der Waals surface area contributed by atoms with E-state index in [2.05, 4.69) is 11.8 Å². The molecule has 0 fully saturated rings. The van der Waals surface area contributed by atoms with Crippen molar-refractivity contribution in [2.45, 2.75) is 0 Å². The Morgan fingerprint density at radius 3 is 1.06 bits per heavy atom. The fraction of sp³-hybridized carbons (Fsp3) is 0. The summed E-state index contributed by atoms with van der Waals surface area (Å²) in [6.45, 7) is 0. The van der Waals surface area contributed by atoms with Gasteiger partial charge in [0.05, 0.1) is 0 Å². The van der Waals surface area contributed by atoms with Crippen LogP contribution in [0.3, 0.4) is 0 Å². The first kappa shape index (κ1) is 19.2. The van der Waals surface area contributed by atoms with Crippen molar-refractivity contribution in [3.05, 3.63) is 71.8 Å². The van der Waals surface area contributed by atoms with E-state index in [0.29, 0.717) is 0 Å². The van der Waals surface area contributed by atoms with Gasteiger partial charge in [0.2, 0.25) is 0 Å². The third kappa shape index (κ3) is 7.98. The van der Waals surface area contributed by atoms with Crippen LogP contribution in [0.15, 0.2) is 60.7 Å². The molecule has 0 bridgehead atoms. The minimum absolute atomic E-state index is 0. The van der Waals surface area contributed by atoms with Crippen LogP contribution < -0.4 is 0 Å². The molecule has 2 rings (SSSR count). The summed E-state index contributed by atoms with van der Waals surface area (Å²) in [6, 6.07) is 19.2. The van der Waals surface area contributed by atoms with E-state index < -0.39 is 0 Å². The molecule has 0 aliphatic rings. The topological polar surface area (TPSA) is 0 Å². The monoisotopic (exact) mass is 310 g/mol. The highest BCUT2D eigenvalue weighted by Crippen LogP contribution is 1.93. The molecule has 0 aliphatic heterocycles. The SMILES string of the molecule is Br.C#Cc1ccccc1.C#Cc1ccccc1.[MgH2]. The molecule has 0 aliphatic carbocycles. The van der Waals surface area contributed by atoms with Crippen LogP contribution in [0, 0.1) is 24.7 Å². The Morgan fingerprint density at radius 2 is 0.889 bits per heavy atom. The number of hydrogen-bond donors (Lipinski definition) is 0. The predicted octanol–water partition coefficient (Wildman–Crippen LogP) is 3.00. The second-order valence-corrected chi connectivity index (χ2v) is 3.02. The van der Waals surface area contributed by atoms with Crippen molar-refractivity contribution in [3.63, 3.8) is 0 Å². The highest BCUT2D eigenvalue weighted by Gasteiger charge is 1.77. The third-order valence-corrected chi connectivity index (χ3v) is 1.88. The first-order valence-corrected chi connectivity index (χ1v) is 4.90. The van der Waals surface area contributed by atoms with Crippen LogP contribution in [-0.2, 0) is 0 Å². The Balaban J connectivity index is 0. The van der Waals surface area contributed by atoms with Crippen molar-refractivity contribution in [1.82, 2.24) is 0 Å². The summed E-state index contributed by atoms with van der Waals surface area (Å²) in [4.78, 5) is 0. The van der Waals surface area contributed by atoms with Gasteiger partial charge in [-0.3, -0.25) is 0 Å². The van der Waals surface area contributed by atoms with Crippen molar-refractivity contribution in [3.8, 4) is 24.7 Å². The van der Waals surface area contributed by atoms with Gasteiger partial charge in [0, 0.05) is 11.1 Å². The molecule has 0 heterocycles. The van der Waals surface area contributed by atoms with Crippen molar-refractivity contribution >= 4 is 40.0 Å². The molecule has 0 atom stereocenters. The van der Waals surface area contributed by atoms with Crippen LogP contribution >= 0.6 is 17.0 Å². The first-order chi connectivity index (χ1) is 7.86. The Kier molecular flexibility index (Phi) is 13.1. The molecule has 0 saturated heterocycles. The van der Waals surface area contributed by atoms with Crippen molar-refractivity contribution in [1.29, 1.82) is 0 Å². The summed E-state index contributed by atoms with van der Waals surface area (Å²) in [5.74, 6) is 5.05. The average molecular weight is 312 g/mol. The van der Waals surface area contributed by atoms with E-state index in [0.717, 1.165) is 11.1 Å². The zero-order valence-corrected chi connectivity index (χ0v) is 11.0. The number of hydrogen-bond acceptors (Lipinski definition) is 0. The van der Waals surface area contributed by atoms with Crippen molar-refractivity contribution in [2.24, 2.45) is 0 Å². The Hall–Kier alpha value is -1.19. The minimum Gasteiger partial charge on any atom is -0.115 e. The van der Waals surface area contributed by atoms with E-state index in [9.17, 15) is 0 Å². The second kappa shape index (κ2) is 12.3.